The minimum atomic E-state index is -0.106. The molecule has 0 saturated carbocycles. The topological polar surface area (TPSA) is 57.3 Å². The van der Waals surface area contributed by atoms with E-state index >= 15 is 0 Å². The number of piperazine rings is 1. The van der Waals surface area contributed by atoms with E-state index < -0.39 is 0 Å². The van der Waals surface area contributed by atoms with Crippen LogP contribution in [-0.2, 0) is 0 Å². The number of rotatable bonds is 6. The standard InChI is InChI=1S/C24H40N4O3/c1-17(2)26-11-9-20(10-12-26)27-13-15-28(16-14-27)24(29)25-19(4)21-7-8-22(30-5)23(31-6)18(21)3/h7-8,17,19-20H,9-16H2,1-6H3,(H,25,29). The molecule has 1 aromatic rings. The number of nitrogens with zero attached hydrogens (tertiary/aromatic N) is 3. The van der Waals surface area contributed by atoms with Gasteiger partial charge in [-0.15, -0.1) is 0 Å². The summed E-state index contributed by atoms with van der Waals surface area (Å²) in [5.74, 6) is 1.43. The molecule has 2 heterocycles. The van der Waals surface area contributed by atoms with E-state index in [2.05, 4.69) is 29.0 Å². The smallest absolute Gasteiger partial charge is 0.317 e. The Hall–Kier alpha value is -1.99. The molecule has 1 unspecified atom stereocenters. The van der Waals surface area contributed by atoms with Crippen molar-refractivity contribution in [3.63, 3.8) is 0 Å². The highest BCUT2D eigenvalue weighted by atomic mass is 16.5. The van der Waals surface area contributed by atoms with Crippen LogP contribution in [0.2, 0.25) is 0 Å². The Morgan fingerprint density at radius 3 is 2.19 bits per heavy atom. The van der Waals surface area contributed by atoms with Gasteiger partial charge in [-0.05, 0) is 65.3 Å². The van der Waals surface area contributed by atoms with Gasteiger partial charge >= 0.3 is 6.03 Å². The molecule has 0 radical (unpaired) electrons. The summed E-state index contributed by atoms with van der Waals surface area (Å²) >= 11 is 0. The fourth-order valence-corrected chi connectivity index (χ4v) is 4.98. The summed E-state index contributed by atoms with van der Waals surface area (Å²) in [6, 6.07) is 5.10. The summed E-state index contributed by atoms with van der Waals surface area (Å²) in [4.78, 5) is 20.0. The lowest BCUT2D eigenvalue weighted by atomic mass is 10.0. The van der Waals surface area contributed by atoms with Gasteiger partial charge in [-0.25, -0.2) is 4.79 Å². The van der Waals surface area contributed by atoms with Crippen molar-refractivity contribution in [2.75, 3.05) is 53.5 Å². The lowest BCUT2D eigenvalue weighted by Crippen LogP contribution is -2.56. The van der Waals surface area contributed by atoms with Crippen LogP contribution in [-0.4, -0.2) is 86.3 Å². The predicted octanol–water partition coefficient (Wildman–Crippen LogP) is 3.27. The molecule has 0 aromatic heterocycles. The zero-order valence-electron chi connectivity index (χ0n) is 20.1. The molecule has 2 amide bonds. The van der Waals surface area contributed by atoms with E-state index in [1.807, 2.05) is 30.9 Å². The van der Waals surface area contributed by atoms with Crippen molar-refractivity contribution < 1.29 is 14.3 Å². The van der Waals surface area contributed by atoms with E-state index in [9.17, 15) is 4.79 Å². The van der Waals surface area contributed by atoms with E-state index in [1.165, 1.54) is 25.9 Å². The zero-order chi connectivity index (χ0) is 22.5. The summed E-state index contributed by atoms with van der Waals surface area (Å²) in [7, 11) is 3.28. The average molecular weight is 433 g/mol. The van der Waals surface area contributed by atoms with Crippen LogP contribution in [0.3, 0.4) is 0 Å². The van der Waals surface area contributed by atoms with Gasteiger partial charge in [0.2, 0.25) is 0 Å². The summed E-state index contributed by atoms with van der Waals surface area (Å²) in [5, 5.41) is 3.17. The van der Waals surface area contributed by atoms with Crippen LogP contribution in [0.5, 0.6) is 11.5 Å². The molecule has 1 atom stereocenters. The van der Waals surface area contributed by atoms with Gasteiger partial charge in [0.05, 0.1) is 20.3 Å². The van der Waals surface area contributed by atoms with Crippen molar-refractivity contribution in [2.24, 2.45) is 0 Å². The number of ether oxygens (including phenoxy) is 2. The molecule has 0 aliphatic carbocycles. The van der Waals surface area contributed by atoms with Crippen LogP contribution < -0.4 is 14.8 Å². The predicted molar refractivity (Wildman–Crippen MR) is 124 cm³/mol. The van der Waals surface area contributed by atoms with E-state index in [1.54, 1.807) is 14.2 Å². The highest BCUT2D eigenvalue weighted by Crippen LogP contribution is 2.35. The van der Waals surface area contributed by atoms with Crippen LogP contribution in [0.15, 0.2) is 12.1 Å². The first-order chi connectivity index (χ1) is 14.8. The Kier molecular flexibility index (Phi) is 8.06. The van der Waals surface area contributed by atoms with Gasteiger partial charge in [0.25, 0.3) is 0 Å². The fourth-order valence-electron chi connectivity index (χ4n) is 4.98. The minimum absolute atomic E-state index is 0.0101. The Balaban J connectivity index is 1.51. The van der Waals surface area contributed by atoms with Crippen molar-refractivity contribution in [1.82, 2.24) is 20.0 Å². The lowest BCUT2D eigenvalue weighted by molar-refractivity contribution is 0.0600. The number of hydrogen-bond donors (Lipinski definition) is 1. The monoisotopic (exact) mass is 432 g/mol. The van der Waals surface area contributed by atoms with Gasteiger partial charge in [0.15, 0.2) is 11.5 Å². The number of urea groups is 1. The van der Waals surface area contributed by atoms with Crippen molar-refractivity contribution in [1.29, 1.82) is 0 Å². The van der Waals surface area contributed by atoms with Crippen molar-refractivity contribution >= 4 is 6.03 Å². The molecule has 7 heteroatoms. The number of methoxy groups -OCH3 is 2. The second kappa shape index (κ2) is 10.6. The van der Waals surface area contributed by atoms with E-state index in [0.29, 0.717) is 17.8 Å². The normalized spacial score (nSPS) is 20.0. The summed E-state index contributed by atoms with van der Waals surface area (Å²) in [6.45, 7) is 14.4. The Labute approximate surface area is 187 Å². The van der Waals surface area contributed by atoms with Gasteiger partial charge in [-0.2, -0.15) is 0 Å². The number of carbonyl (C=O) groups is 1. The number of likely N-dealkylation sites (tertiary alicyclic amines) is 1. The van der Waals surface area contributed by atoms with E-state index in [4.69, 9.17) is 9.47 Å². The van der Waals surface area contributed by atoms with Crippen LogP contribution in [0.1, 0.15) is 50.8 Å². The van der Waals surface area contributed by atoms with Gasteiger partial charge in [0.1, 0.15) is 0 Å². The lowest BCUT2D eigenvalue weighted by Gasteiger charge is -2.43. The third-order valence-electron chi connectivity index (χ3n) is 6.99. The number of nitrogens with one attached hydrogen (secondary N) is 1. The molecule has 31 heavy (non-hydrogen) atoms. The van der Waals surface area contributed by atoms with Crippen LogP contribution >= 0.6 is 0 Å². The molecular formula is C24H40N4O3. The summed E-state index contributed by atoms with van der Waals surface area (Å²) in [5.41, 5.74) is 2.04. The fraction of sp³-hybridized carbons (Fsp3) is 0.708. The number of carbonyl (C=O) groups excluding carboxylic acids is 1. The van der Waals surface area contributed by atoms with Gasteiger partial charge in [-0.3, -0.25) is 4.90 Å². The van der Waals surface area contributed by atoms with Crippen molar-refractivity contribution in [3.05, 3.63) is 23.3 Å². The molecule has 0 spiro atoms. The Bertz CT molecular complexity index is 739. The van der Waals surface area contributed by atoms with Crippen molar-refractivity contribution in [3.8, 4) is 11.5 Å². The number of hydrogen-bond acceptors (Lipinski definition) is 5. The molecule has 7 nitrogen and oxygen atoms in total. The molecule has 2 fully saturated rings. The first-order valence-electron chi connectivity index (χ1n) is 11.6. The van der Waals surface area contributed by atoms with Gasteiger partial charge in [0, 0.05) is 43.8 Å². The maximum atomic E-state index is 12.9. The number of benzene rings is 1. The quantitative estimate of drug-likeness (QED) is 0.748. The third kappa shape index (κ3) is 5.44. The highest BCUT2D eigenvalue weighted by molar-refractivity contribution is 5.75. The van der Waals surface area contributed by atoms with E-state index in [-0.39, 0.29) is 12.1 Å². The second-order valence-corrected chi connectivity index (χ2v) is 9.07. The molecule has 1 aromatic carbocycles. The van der Waals surface area contributed by atoms with E-state index in [0.717, 1.165) is 43.1 Å². The molecule has 1 N–H and O–H groups in total. The van der Waals surface area contributed by atoms with Gasteiger partial charge in [-0.1, -0.05) is 6.07 Å². The van der Waals surface area contributed by atoms with Crippen LogP contribution in [0.25, 0.3) is 0 Å². The summed E-state index contributed by atoms with van der Waals surface area (Å²) in [6.07, 6.45) is 2.47. The molecule has 3 rings (SSSR count). The zero-order valence-corrected chi connectivity index (χ0v) is 20.1. The Morgan fingerprint density at radius 2 is 1.65 bits per heavy atom. The maximum absolute atomic E-state index is 12.9. The first kappa shape index (κ1) is 23.7. The first-order valence-corrected chi connectivity index (χ1v) is 11.6. The summed E-state index contributed by atoms with van der Waals surface area (Å²) < 4.78 is 10.9. The molecular weight excluding hydrogens is 392 g/mol. The van der Waals surface area contributed by atoms with Gasteiger partial charge < -0.3 is 24.6 Å². The second-order valence-electron chi connectivity index (χ2n) is 9.07. The van der Waals surface area contributed by atoms with Crippen LogP contribution in [0.4, 0.5) is 4.79 Å². The number of piperidine rings is 1. The van der Waals surface area contributed by atoms with Crippen LogP contribution in [0, 0.1) is 6.92 Å². The maximum Gasteiger partial charge on any atom is 0.317 e. The molecule has 2 aliphatic rings. The SMILES string of the molecule is COc1ccc(C(C)NC(=O)N2CCN(C3CCN(C(C)C)CC3)CC2)c(C)c1OC. The average Bonchev–Trinajstić information content (AvgIpc) is 2.78. The Morgan fingerprint density at radius 1 is 1.00 bits per heavy atom. The minimum Gasteiger partial charge on any atom is -0.493 e. The third-order valence-corrected chi connectivity index (χ3v) is 6.99. The number of amides is 2. The van der Waals surface area contributed by atoms with Crippen molar-refractivity contribution in [2.45, 2.75) is 58.7 Å². The molecule has 0 bridgehead atoms. The highest BCUT2D eigenvalue weighted by Gasteiger charge is 2.30. The molecule has 2 saturated heterocycles. The molecule has 174 valence electrons. The largest absolute Gasteiger partial charge is 0.493 e. The molecule has 2 aliphatic heterocycles.